The van der Waals surface area contributed by atoms with E-state index in [2.05, 4.69) is 19.9 Å². The topological polar surface area (TPSA) is 26.3 Å². The summed E-state index contributed by atoms with van der Waals surface area (Å²) in [5.74, 6) is 0.872. The zero-order chi connectivity index (χ0) is 9.59. The van der Waals surface area contributed by atoms with Crippen molar-refractivity contribution in [2.75, 3.05) is 0 Å². The molecule has 2 nitrogen and oxygen atoms in total. The molecule has 0 aromatic heterocycles. The van der Waals surface area contributed by atoms with Crippen LogP contribution < -0.4 is 0 Å². The molecule has 0 N–H and O–H groups in total. The molecule has 2 heteroatoms. The fourth-order valence-electron chi connectivity index (χ4n) is 2.32. The summed E-state index contributed by atoms with van der Waals surface area (Å²) in [5, 5.41) is 0. The van der Waals surface area contributed by atoms with Gasteiger partial charge in [0, 0.05) is 5.92 Å². The van der Waals surface area contributed by atoms with Gasteiger partial charge in [0.05, 0.1) is 18.1 Å². The Hall–Kier alpha value is -0.630. The van der Waals surface area contributed by atoms with Crippen LogP contribution in [0.5, 0.6) is 0 Å². The quantitative estimate of drug-likeness (QED) is 0.575. The molecule has 0 spiro atoms. The van der Waals surface area contributed by atoms with E-state index in [1.165, 1.54) is 0 Å². The van der Waals surface area contributed by atoms with Gasteiger partial charge in [-0.05, 0) is 5.92 Å². The molecule has 2 aliphatic rings. The largest absolute Gasteiger partial charge is 0.365 e. The third kappa shape index (κ3) is 1.24. The Morgan fingerprint density at radius 3 is 2.54 bits per heavy atom. The number of hydrogen-bond acceptors (Lipinski definition) is 2. The van der Waals surface area contributed by atoms with Crippen molar-refractivity contribution in [2.24, 2.45) is 17.8 Å². The van der Waals surface area contributed by atoms with E-state index in [0.717, 1.165) is 0 Å². The maximum absolute atomic E-state index is 11.9. The lowest BCUT2D eigenvalue weighted by atomic mass is 9.80. The molecule has 0 aromatic rings. The van der Waals surface area contributed by atoms with Crippen LogP contribution in [0.2, 0.25) is 0 Å². The van der Waals surface area contributed by atoms with Gasteiger partial charge >= 0.3 is 0 Å². The first-order valence-corrected chi connectivity index (χ1v) is 4.98. The van der Waals surface area contributed by atoms with E-state index in [-0.39, 0.29) is 24.0 Å². The normalized spacial score (nSPS) is 43.2. The lowest BCUT2D eigenvalue weighted by molar-refractivity contribution is -0.146. The molecule has 1 saturated heterocycles. The van der Waals surface area contributed by atoms with Crippen molar-refractivity contribution in [3.8, 4) is 0 Å². The van der Waals surface area contributed by atoms with Crippen molar-refractivity contribution in [1.82, 2.24) is 0 Å². The van der Waals surface area contributed by atoms with Crippen LogP contribution in [0.3, 0.4) is 0 Å². The summed E-state index contributed by atoms with van der Waals surface area (Å²) in [5.41, 5.74) is 0. The first-order valence-electron chi connectivity index (χ1n) is 4.98. The lowest BCUT2D eigenvalue weighted by Crippen LogP contribution is -2.44. The van der Waals surface area contributed by atoms with Crippen LogP contribution >= 0.6 is 0 Å². The highest BCUT2D eigenvalue weighted by molar-refractivity contribution is 5.86. The number of ether oxygens (including phenoxy) is 1. The van der Waals surface area contributed by atoms with E-state index in [4.69, 9.17) is 4.74 Å². The predicted molar refractivity (Wildman–Crippen MR) is 50.3 cm³/mol. The monoisotopic (exact) mass is 180 g/mol. The Morgan fingerprint density at radius 2 is 1.92 bits per heavy atom. The van der Waals surface area contributed by atoms with Gasteiger partial charge in [0.1, 0.15) is 5.78 Å². The summed E-state index contributed by atoms with van der Waals surface area (Å²) < 4.78 is 5.72. The Balaban J connectivity index is 2.27. The molecule has 4 atom stereocenters. The predicted octanol–water partition coefficient (Wildman–Crippen LogP) is 1.80. The average Bonchev–Trinajstić information content (AvgIpc) is 2.47. The van der Waals surface area contributed by atoms with E-state index in [1.807, 2.05) is 13.0 Å². The summed E-state index contributed by atoms with van der Waals surface area (Å²) in [7, 11) is 0. The van der Waals surface area contributed by atoms with Crippen LogP contribution in [-0.4, -0.2) is 18.0 Å². The smallest absolute Gasteiger partial charge is 0.144 e. The minimum Gasteiger partial charge on any atom is -0.365 e. The summed E-state index contributed by atoms with van der Waals surface area (Å²) in [6, 6.07) is 0. The lowest BCUT2D eigenvalue weighted by Gasteiger charge is -2.34. The molecule has 0 saturated carbocycles. The molecule has 0 radical (unpaired) electrons. The minimum absolute atomic E-state index is 0.0439. The third-order valence-electron chi connectivity index (χ3n) is 3.15. The van der Waals surface area contributed by atoms with Gasteiger partial charge in [0.15, 0.2) is 0 Å². The molecule has 0 unspecified atom stereocenters. The van der Waals surface area contributed by atoms with E-state index < -0.39 is 0 Å². The SMILES string of the molecule is CC(C)[C@@H]1C(=O)[C@H](C)[C@@H]2C=C[C@H]1O2. The summed E-state index contributed by atoms with van der Waals surface area (Å²) >= 11 is 0. The number of rotatable bonds is 1. The maximum atomic E-state index is 11.9. The van der Waals surface area contributed by atoms with Crippen LogP contribution in [0.15, 0.2) is 12.2 Å². The van der Waals surface area contributed by atoms with Gasteiger partial charge in [-0.1, -0.05) is 32.9 Å². The number of ketones is 1. The highest BCUT2D eigenvalue weighted by Gasteiger charge is 2.44. The van der Waals surface area contributed by atoms with Gasteiger partial charge in [-0.15, -0.1) is 0 Å². The van der Waals surface area contributed by atoms with Crippen molar-refractivity contribution in [1.29, 1.82) is 0 Å². The number of carbonyl (C=O) groups excluding carboxylic acids is 1. The van der Waals surface area contributed by atoms with Crippen molar-refractivity contribution >= 4 is 5.78 Å². The number of hydrogen-bond donors (Lipinski definition) is 0. The Kier molecular flexibility index (Phi) is 2.03. The second-order valence-corrected chi connectivity index (χ2v) is 4.41. The van der Waals surface area contributed by atoms with Crippen molar-refractivity contribution in [3.05, 3.63) is 12.2 Å². The van der Waals surface area contributed by atoms with Crippen molar-refractivity contribution in [2.45, 2.75) is 33.0 Å². The zero-order valence-corrected chi connectivity index (χ0v) is 8.36. The Morgan fingerprint density at radius 1 is 1.31 bits per heavy atom. The molecular weight excluding hydrogens is 164 g/mol. The molecule has 1 fully saturated rings. The summed E-state index contributed by atoms with van der Waals surface area (Å²) in [6.45, 7) is 6.14. The number of Topliss-reactive ketones (excluding diaryl/α,β-unsaturated/α-hetero) is 1. The molecule has 0 aromatic carbocycles. The van der Waals surface area contributed by atoms with E-state index in [9.17, 15) is 4.79 Å². The van der Waals surface area contributed by atoms with E-state index in [1.54, 1.807) is 0 Å². The highest BCUT2D eigenvalue weighted by atomic mass is 16.5. The second kappa shape index (κ2) is 2.95. The summed E-state index contributed by atoms with van der Waals surface area (Å²) in [4.78, 5) is 11.9. The van der Waals surface area contributed by atoms with Crippen molar-refractivity contribution < 1.29 is 9.53 Å². The molecule has 2 heterocycles. The van der Waals surface area contributed by atoms with Gasteiger partial charge in [0.25, 0.3) is 0 Å². The van der Waals surface area contributed by atoms with Crippen molar-refractivity contribution in [3.63, 3.8) is 0 Å². The first-order chi connectivity index (χ1) is 6.11. The fraction of sp³-hybridized carbons (Fsp3) is 0.727. The van der Waals surface area contributed by atoms with Crippen LogP contribution in [0.4, 0.5) is 0 Å². The number of carbonyl (C=O) groups is 1. The third-order valence-corrected chi connectivity index (χ3v) is 3.15. The van der Waals surface area contributed by atoms with E-state index in [0.29, 0.717) is 11.7 Å². The first kappa shape index (κ1) is 8.95. The zero-order valence-electron chi connectivity index (χ0n) is 8.36. The second-order valence-electron chi connectivity index (χ2n) is 4.41. The molecule has 2 aliphatic heterocycles. The van der Waals surface area contributed by atoms with Gasteiger partial charge < -0.3 is 4.74 Å². The highest BCUT2D eigenvalue weighted by Crippen LogP contribution is 2.36. The number of fused-ring (bicyclic) bond motifs is 2. The molecule has 0 aliphatic carbocycles. The van der Waals surface area contributed by atoms with Gasteiger partial charge in [-0.3, -0.25) is 4.79 Å². The molecule has 13 heavy (non-hydrogen) atoms. The molecule has 2 bridgehead atoms. The maximum Gasteiger partial charge on any atom is 0.144 e. The standard InChI is InChI=1S/C11H16O2/c1-6(2)10-9-5-4-8(13-9)7(3)11(10)12/h4-10H,1-3H3/t7-,8+,9-,10+/m1/s1. The van der Waals surface area contributed by atoms with Crippen LogP contribution in [-0.2, 0) is 9.53 Å². The van der Waals surface area contributed by atoms with Crippen LogP contribution in [0.1, 0.15) is 20.8 Å². The molecule has 0 amide bonds. The van der Waals surface area contributed by atoms with Gasteiger partial charge in [-0.25, -0.2) is 0 Å². The van der Waals surface area contributed by atoms with E-state index >= 15 is 0 Å². The minimum atomic E-state index is 0.0439. The fourth-order valence-corrected chi connectivity index (χ4v) is 2.32. The van der Waals surface area contributed by atoms with Crippen LogP contribution in [0.25, 0.3) is 0 Å². The average molecular weight is 180 g/mol. The molecular formula is C11H16O2. The van der Waals surface area contributed by atoms with Crippen LogP contribution in [0, 0.1) is 17.8 Å². The van der Waals surface area contributed by atoms with Gasteiger partial charge in [-0.2, -0.15) is 0 Å². The summed E-state index contributed by atoms with van der Waals surface area (Å²) in [6.07, 6.45) is 4.19. The Labute approximate surface area is 79.0 Å². The molecule has 72 valence electrons. The molecule has 2 rings (SSSR count). The Bertz CT molecular complexity index is 255. The van der Waals surface area contributed by atoms with Gasteiger partial charge in [0.2, 0.25) is 0 Å².